The minimum Gasteiger partial charge on any atom is -0.346 e. The average Bonchev–Trinajstić information content (AvgIpc) is 3.49. The van der Waals surface area contributed by atoms with Crippen molar-refractivity contribution in [3.63, 3.8) is 0 Å². The van der Waals surface area contributed by atoms with Crippen LogP contribution in [-0.2, 0) is 16.6 Å². The lowest BCUT2D eigenvalue weighted by Gasteiger charge is -2.21. The highest BCUT2D eigenvalue weighted by molar-refractivity contribution is 7.89. The molecular weight excluding hydrogens is 410 g/mol. The summed E-state index contributed by atoms with van der Waals surface area (Å²) in [5.41, 5.74) is 4.86. The molecule has 3 aromatic heterocycles. The maximum Gasteiger partial charge on any atom is 0.243 e. The summed E-state index contributed by atoms with van der Waals surface area (Å²) in [5, 5.41) is 6.80. The van der Waals surface area contributed by atoms with Gasteiger partial charge in [-0.1, -0.05) is 17.7 Å². The van der Waals surface area contributed by atoms with E-state index in [-0.39, 0.29) is 12.0 Å². The molecule has 0 saturated carbocycles. The largest absolute Gasteiger partial charge is 0.346 e. The van der Waals surface area contributed by atoms with Gasteiger partial charge in [0.2, 0.25) is 10.0 Å². The third-order valence-electron chi connectivity index (χ3n) is 6.10. The number of benzene rings is 1. The zero-order valence-electron chi connectivity index (χ0n) is 17.6. The number of aromatic nitrogens is 4. The van der Waals surface area contributed by atoms with Gasteiger partial charge in [-0.15, -0.1) is 0 Å². The highest BCUT2D eigenvalue weighted by atomic mass is 32.2. The van der Waals surface area contributed by atoms with Gasteiger partial charge in [0, 0.05) is 37.1 Å². The van der Waals surface area contributed by atoms with Crippen molar-refractivity contribution >= 4 is 21.1 Å². The van der Waals surface area contributed by atoms with Gasteiger partial charge in [0.1, 0.15) is 0 Å². The fourth-order valence-corrected chi connectivity index (χ4v) is 6.20. The van der Waals surface area contributed by atoms with Crippen LogP contribution in [0.4, 0.5) is 0 Å². The highest BCUT2D eigenvalue weighted by Crippen LogP contribution is 2.31. The summed E-state index contributed by atoms with van der Waals surface area (Å²) in [6.45, 7) is 5.25. The molecule has 0 unspecified atom stereocenters. The van der Waals surface area contributed by atoms with Gasteiger partial charge in [-0.2, -0.15) is 9.40 Å². The zero-order valence-corrected chi connectivity index (χ0v) is 18.4. The minimum absolute atomic E-state index is 0.0241. The Bertz CT molecular complexity index is 1310. The standard InChI is InChI=1S/C23H25N5O2S/c1-16-3-5-20(6-4-16)31(29,30)28-15-18(11-17(28)2)14-27-10-9-22-23(27)8-7-21(26-22)19-12-24-25-13-19/h3-10,12-13,17-18H,11,14-15H2,1-2H3,(H,24,25)/t17-,18+/m1/s1. The number of pyridine rings is 1. The smallest absolute Gasteiger partial charge is 0.243 e. The Morgan fingerprint density at radius 1 is 1.13 bits per heavy atom. The Kier molecular flexibility index (Phi) is 4.91. The zero-order chi connectivity index (χ0) is 21.6. The Morgan fingerprint density at radius 3 is 2.68 bits per heavy atom. The summed E-state index contributed by atoms with van der Waals surface area (Å²) in [4.78, 5) is 5.11. The number of sulfonamides is 1. The summed E-state index contributed by atoms with van der Waals surface area (Å²) in [7, 11) is -3.49. The molecule has 1 fully saturated rings. The molecule has 160 valence electrons. The fourth-order valence-electron chi connectivity index (χ4n) is 4.48. The Morgan fingerprint density at radius 2 is 1.94 bits per heavy atom. The molecule has 0 bridgehead atoms. The number of rotatable bonds is 5. The first-order valence-corrected chi connectivity index (χ1v) is 11.9. The second-order valence-electron chi connectivity index (χ2n) is 8.39. The third kappa shape index (κ3) is 3.66. The van der Waals surface area contributed by atoms with Gasteiger partial charge >= 0.3 is 0 Å². The molecule has 1 saturated heterocycles. The summed E-state index contributed by atoms with van der Waals surface area (Å²) >= 11 is 0. The number of aromatic amines is 1. The van der Waals surface area contributed by atoms with Gasteiger partial charge in [0.15, 0.2) is 0 Å². The molecule has 31 heavy (non-hydrogen) atoms. The van der Waals surface area contributed by atoms with Crippen molar-refractivity contribution in [2.75, 3.05) is 6.54 Å². The first-order valence-electron chi connectivity index (χ1n) is 10.5. The molecule has 1 aliphatic heterocycles. The lowest BCUT2D eigenvalue weighted by molar-refractivity contribution is 0.399. The summed E-state index contributed by atoms with van der Waals surface area (Å²) in [6, 6.07) is 13.2. The second kappa shape index (κ2) is 7.62. The van der Waals surface area contributed by atoms with Crippen LogP contribution in [0.2, 0.25) is 0 Å². The van der Waals surface area contributed by atoms with E-state index in [1.54, 1.807) is 22.6 Å². The molecule has 0 aliphatic carbocycles. The molecule has 4 aromatic rings. The van der Waals surface area contributed by atoms with E-state index in [0.717, 1.165) is 40.8 Å². The van der Waals surface area contributed by atoms with E-state index >= 15 is 0 Å². The van der Waals surface area contributed by atoms with Gasteiger partial charge in [-0.25, -0.2) is 13.4 Å². The second-order valence-corrected chi connectivity index (χ2v) is 10.3. The highest BCUT2D eigenvalue weighted by Gasteiger charge is 2.37. The maximum atomic E-state index is 13.2. The lowest BCUT2D eigenvalue weighted by atomic mass is 10.1. The van der Waals surface area contributed by atoms with E-state index in [4.69, 9.17) is 4.98 Å². The molecule has 1 aromatic carbocycles. The van der Waals surface area contributed by atoms with E-state index < -0.39 is 10.0 Å². The van der Waals surface area contributed by atoms with Crippen LogP contribution in [0, 0.1) is 12.8 Å². The molecule has 1 aliphatic rings. The van der Waals surface area contributed by atoms with Crippen LogP contribution < -0.4 is 0 Å². The first kappa shape index (κ1) is 20.0. The molecule has 4 heterocycles. The molecule has 8 heteroatoms. The molecule has 2 atom stereocenters. The molecule has 7 nitrogen and oxygen atoms in total. The third-order valence-corrected chi connectivity index (χ3v) is 8.10. The molecule has 5 rings (SSSR count). The minimum atomic E-state index is -3.49. The Labute approximate surface area is 181 Å². The maximum absolute atomic E-state index is 13.2. The van der Waals surface area contributed by atoms with E-state index in [0.29, 0.717) is 11.4 Å². The molecule has 0 spiro atoms. The summed E-state index contributed by atoms with van der Waals surface area (Å²) in [6.07, 6.45) is 6.46. The quantitative estimate of drug-likeness (QED) is 0.516. The topological polar surface area (TPSA) is 83.9 Å². The van der Waals surface area contributed by atoms with Crippen molar-refractivity contribution in [2.45, 2.75) is 37.8 Å². The van der Waals surface area contributed by atoms with Crippen LogP contribution in [0.5, 0.6) is 0 Å². The number of nitrogens with one attached hydrogen (secondary N) is 1. The average molecular weight is 436 g/mol. The Balaban J connectivity index is 1.35. The lowest BCUT2D eigenvalue weighted by Crippen LogP contribution is -2.34. The van der Waals surface area contributed by atoms with Gasteiger partial charge in [0.05, 0.1) is 27.8 Å². The SMILES string of the molecule is Cc1ccc(S(=O)(=O)N2C[C@H](Cn3ccc4nc(-c5cn[nH]c5)ccc43)C[C@H]2C)cc1. The van der Waals surface area contributed by atoms with Gasteiger partial charge in [0.25, 0.3) is 0 Å². The number of nitrogens with zero attached hydrogens (tertiary/aromatic N) is 4. The van der Waals surface area contributed by atoms with Crippen molar-refractivity contribution in [1.29, 1.82) is 0 Å². The Hall–Kier alpha value is -2.97. The summed E-state index contributed by atoms with van der Waals surface area (Å²) in [5.74, 6) is 0.249. The van der Waals surface area contributed by atoms with Crippen LogP contribution in [0.25, 0.3) is 22.3 Å². The van der Waals surface area contributed by atoms with E-state index in [1.165, 1.54) is 0 Å². The van der Waals surface area contributed by atoms with Crippen LogP contribution in [0.3, 0.4) is 0 Å². The van der Waals surface area contributed by atoms with Crippen molar-refractivity contribution in [2.24, 2.45) is 5.92 Å². The number of aryl methyl sites for hydroxylation is 1. The van der Waals surface area contributed by atoms with Crippen LogP contribution in [-0.4, -0.2) is 45.1 Å². The molecule has 0 radical (unpaired) electrons. The molecule has 0 amide bonds. The van der Waals surface area contributed by atoms with Gasteiger partial charge in [-0.05, 0) is 56.5 Å². The van der Waals surface area contributed by atoms with Crippen molar-refractivity contribution in [3.8, 4) is 11.3 Å². The van der Waals surface area contributed by atoms with Crippen LogP contribution in [0.1, 0.15) is 18.9 Å². The molecular formula is C23H25N5O2S. The van der Waals surface area contributed by atoms with E-state index in [9.17, 15) is 8.42 Å². The van der Waals surface area contributed by atoms with Crippen molar-refractivity contribution in [1.82, 2.24) is 24.1 Å². The van der Waals surface area contributed by atoms with Gasteiger partial charge < -0.3 is 4.57 Å². The molecule has 1 N–H and O–H groups in total. The van der Waals surface area contributed by atoms with Gasteiger partial charge in [-0.3, -0.25) is 5.10 Å². The number of H-pyrrole nitrogens is 1. The number of fused-ring (bicyclic) bond motifs is 1. The summed E-state index contributed by atoms with van der Waals surface area (Å²) < 4.78 is 30.2. The van der Waals surface area contributed by atoms with E-state index in [2.05, 4.69) is 20.8 Å². The first-order chi connectivity index (χ1) is 14.9. The predicted octanol–water partition coefficient (Wildman–Crippen LogP) is 3.83. The van der Waals surface area contributed by atoms with Crippen LogP contribution >= 0.6 is 0 Å². The van der Waals surface area contributed by atoms with E-state index in [1.807, 2.05) is 50.5 Å². The fraction of sp³-hybridized carbons (Fsp3) is 0.304. The van der Waals surface area contributed by atoms with Crippen molar-refractivity contribution < 1.29 is 8.42 Å². The van der Waals surface area contributed by atoms with Crippen LogP contribution in [0.15, 0.2) is 66.0 Å². The normalized spacial score (nSPS) is 19.9. The van der Waals surface area contributed by atoms with Crippen molar-refractivity contribution in [3.05, 3.63) is 66.6 Å². The monoisotopic (exact) mass is 435 g/mol. The number of hydrogen-bond donors (Lipinski definition) is 1. The number of hydrogen-bond acceptors (Lipinski definition) is 4. The predicted molar refractivity (Wildman–Crippen MR) is 120 cm³/mol.